The molecule has 0 bridgehead atoms. The molecule has 6 heteroatoms. The largest absolute Gasteiger partial charge is 0.478 e. The lowest BCUT2D eigenvalue weighted by Crippen LogP contribution is -2.20. The Morgan fingerprint density at radius 3 is 2.94 bits per heavy atom. The summed E-state index contributed by atoms with van der Waals surface area (Å²) in [6.07, 6.45) is 0.770. The molecule has 0 radical (unpaired) electrons. The first-order valence-electron chi connectivity index (χ1n) is 5.24. The van der Waals surface area contributed by atoms with Crippen molar-refractivity contribution in [2.24, 2.45) is 0 Å². The molecule has 0 amide bonds. The van der Waals surface area contributed by atoms with Gasteiger partial charge in [0.25, 0.3) is 0 Å². The number of nitrogen functional groups attached to an aromatic ring is 1. The molecule has 1 aliphatic heterocycles. The summed E-state index contributed by atoms with van der Waals surface area (Å²) < 4.78 is 18.7. The zero-order valence-electron chi connectivity index (χ0n) is 9.07. The molecule has 4 N–H and O–H groups in total. The van der Waals surface area contributed by atoms with Crippen molar-refractivity contribution in [2.45, 2.75) is 12.5 Å². The molecule has 1 atom stereocenters. The third kappa shape index (κ3) is 2.47. The highest BCUT2D eigenvalue weighted by molar-refractivity contribution is 5.94. The quantitative estimate of drug-likeness (QED) is 0.693. The number of hydrogen-bond acceptors (Lipinski definition) is 4. The topological polar surface area (TPSA) is 84.6 Å². The Morgan fingerprint density at radius 1 is 1.59 bits per heavy atom. The molecule has 1 saturated heterocycles. The summed E-state index contributed by atoms with van der Waals surface area (Å²) in [5.74, 6) is -1.73. The Bertz CT molecular complexity index is 445. The summed E-state index contributed by atoms with van der Waals surface area (Å²) in [6.45, 7) is 1.12. The van der Waals surface area contributed by atoms with Crippen LogP contribution < -0.4 is 11.1 Å². The number of benzene rings is 1. The van der Waals surface area contributed by atoms with E-state index in [1.54, 1.807) is 0 Å². The molecular formula is C11H13FN2O3. The van der Waals surface area contributed by atoms with Gasteiger partial charge in [0, 0.05) is 12.3 Å². The van der Waals surface area contributed by atoms with E-state index in [0.29, 0.717) is 13.2 Å². The summed E-state index contributed by atoms with van der Waals surface area (Å²) in [5, 5.41) is 11.8. The van der Waals surface area contributed by atoms with Crippen LogP contribution in [0.5, 0.6) is 0 Å². The zero-order chi connectivity index (χ0) is 12.4. The molecule has 2 rings (SSSR count). The van der Waals surface area contributed by atoms with Gasteiger partial charge in [0.15, 0.2) is 0 Å². The van der Waals surface area contributed by atoms with Crippen LogP contribution in [0.15, 0.2) is 12.1 Å². The van der Waals surface area contributed by atoms with E-state index in [2.05, 4.69) is 5.32 Å². The van der Waals surface area contributed by atoms with E-state index in [1.807, 2.05) is 0 Å². The fourth-order valence-electron chi connectivity index (χ4n) is 1.75. The third-order valence-corrected chi connectivity index (χ3v) is 2.66. The Hall–Kier alpha value is -1.82. The van der Waals surface area contributed by atoms with Crippen LogP contribution >= 0.6 is 0 Å². The van der Waals surface area contributed by atoms with Crippen molar-refractivity contribution in [1.82, 2.24) is 0 Å². The molecule has 1 aliphatic rings. The van der Waals surface area contributed by atoms with Crippen LogP contribution in [0.1, 0.15) is 16.8 Å². The average molecular weight is 240 g/mol. The number of rotatable bonds is 3. The SMILES string of the molecule is Nc1cc(F)c(NC2CCOC2)cc1C(=O)O. The average Bonchev–Trinajstić information content (AvgIpc) is 2.74. The Kier molecular flexibility index (Phi) is 3.14. The number of nitrogens with one attached hydrogen (secondary N) is 1. The maximum atomic E-state index is 13.6. The van der Waals surface area contributed by atoms with Crippen LogP contribution in [-0.2, 0) is 4.74 Å². The maximum absolute atomic E-state index is 13.6. The highest BCUT2D eigenvalue weighted by Gasteiger charge is 2.19. The first-order chi connectivity index (χ1) is 8.08. The van der Waals surface area contributed by atoms with E-state index in [9.17, 15) is 9.18 Å². The molecule has 0 aromatic heterocycles. The van der Waals surface area contributed by atoms with Gasteiger partial charge in [-0.2, -0.15) is 0 Å². The minimum atomic E-state index is -1.17. The smallest absolute Gasteiger partial charge is 0.337 e. The van der Waals surface area contributed by atoms with E-state index >= 15 is 0 Å². The summed E-state index contributed by atoms with van der Waals surface area (Å²) in [5.41, 5.74) is 5.39. The lowest BCUT2D eigenvalue weighted by atomic mass is 10.1. The molecule has 1 fully saturated rings. The van der Waals surface area contributed by atoms with Gasteiger partial charge in [-0.3, -0.25) is 0 Å². The van der Waals surface area contributed by atoms with Gasteiger partial charge in [-0.25, -0.2) is 9.18 Å². The number of carboxylic acids is 1. The van der Waals surface area contributed by atoms with E-state index in [-0.39, 0.29) is 23.0 Å². The van der Waals surface area contributed by atoms with Gasteiger partial charge in [-0.15, -0.1) is 0 Å². The molecule has 1 aromatic carbocycles. The summed E-state index contributed by atoms with van der Waals surface area (Å²) in [4.78, 5) is 10.9. The highest BCUT2D eigenvalue weighted by atomic mass is 19.1. The van der Waals surface area contributed by atoms with Crippen LogP contribution in [0.4, 0.5) is 15.8 Å². The second-order valence-electron chi connectivity index (χ2n) is 3.93. The number of halogens is 1. The van der Waals surface area contributed by atoms with Crippen LogP contribution in [-0.4, -0.2) is 30.3 Å². The van der Waals surface area contributed by atoms with Gasteiger partial charge in [-0.05, 0) is 18.6 Å². The van der Waals surface area contributed by atoms with Gasteiger partial charge in [-0.1, -0.05) is 0 Å². The Labute approximate surface area is 97.4 Å². The minimum absolute atomic E-state index is 0.00905. The molecule has 0 saturated carbocycles. The predicted molar refractivity (Wildman–Crippen MR) is 60.6 cm³/mol. The monoisotopic (exact) mass is 240 g/mol. The van der Waals surface area contributed by atoms with Crippen molar-refractivity contribution in [1.29, 1.82) is 0 Å². The second-order valence-corrected chi connectivity index (χ2v) is 3.93. The van der Waals surface area contributed by atoms with Crippen molar-refractivity contribution in [2.75, 3.05) is 24.3 Å². The van der Waals surface area contributed by atoms with Crippen molar-refractivity contribution in [3.63, 3.8) is 0 Å². The van der Waals surface area contributed by atoms with Gasteiger partial charge in [0.05, 0.1) is 23.9 Å². The highest BCUT2D eigenvalue weighted by Crippen LogP contribution is 2.24. The van der Waals surface area contributed by atoms with Crippen LogP contribution in [0.25, 0.3) is 0 Å². The predicted octanol–water partition coefficient (Wildman–Crippen LogP) is 1.31. The van der Waals surface area contributed by atoms with Crippen molar-refractivity contribution < 1.29 is 19.0 Å². The number of ether oxygens (including phenoxy) is 1. The summed E-state index contributed by atoms with van der Waals surface area (Å²) >= 11 is 0. The molecule has 17 heavy (non-hydrogen) atoms. The first kappa shape index (κ1) is 11.7. The summed E-state index contributed by atoms with van der Waals surface area (Å²) in [6, 6.07) is 2.24. The number of carboxylic acid groups (broad SMARTS) is 1. The van der Waals surface area contributed by atoms with Gasteiger partial charge >= 0.3 is 5.97 Å². The number of aromatic carboxylic acids is 1. The van der Waals surface area contributed by atoms with Crippen LogP contribution in [0, 0.1) is 5.82 Å². The number of carbonyl (C=O) groups is 1. The van der Waals surface area contributed by atoms with Gasteiger partial charge in [0.1, 0.15) is 5.82 Å². The van der Waals surface area contributed by atoms with Crippen LogP contribution in [0.3, 0.4) is 0 Å². The lowest BCUT2D eigenvalue weighted by Gasteiger charge is -2.14. The molecule has 1 heterocycles. The van der Waals surface area contributed by atoms with E-state index < -0.39 is 11.8 Å². The second kappa shape index (κ2) is 4.58. The van der Waals surface area contributed by atoms with E-state index in [1.165, 1.54) is 6.07 Å². The van der Waals surface area contributed by atoms with Crippen molar-refractivity contribution in [3.05, 3.63) is 23.5 Å². The molecule has 0 aliphatic carbocycles. The molecular weight excluding hydrogens is 227 g/mol. The lowest BCUT2D eigenvalue weighted by molar-refractivity contribution is 0.0698. The normalized spacial score (nSPS) is 19.2. The molecule has 1 unspecified atom stereocenters. The van der Waals surface area contributed by atoms with E-state index in [0.717, 1.165) is 12.5 Å². The van der Waals surface area contributed by atoms with Gasteiger partial charge in [0.2, 0.25) is 0 Å². The number of anilines is 2. The van der Waals surface area contributed by atoms with Crippen molar-refractivity contribution >= 4 is 17.3 Å². The first-order valence-corrected chi connectivity index (χ1v) is 5.24. The third-order valence-electron chi connectivity index (χ3n) is 2.66. The zero-order valence-corrected chi connectivity index (χ0v) is 9.07. The molecule has 5 nitrogen and oxygen atoms in total. The van der Waals surface area contributed by atoms with Crippen molar-refractivity contribution in [3.8, 4) is 0 Å². The number of nitrogens with two attached hydrogens (primary N) is 1. The Morgan fingerprint density at radius 2 is 2.35 bits per heavy atom. The van der Waals surface area contributed by atoms with Gasteiger partial charge < -0.3 is 20.9 Å². The molecule has 92 valence electrons. The Balaban J connectivity index is 2.26. The molecule has 0 spiro atoms. The number of hydrogen-bond donors (Lipinski definition) is 3. The fourth-order valence-corrected chi connectivity index (χ4v) is 1.75. The fraction of sp³-hybridized carbons (Fsp3) is 0.364. The molecule has 1 aromatic rings. The van der Waals surface area contributed by atoms with Crippen LogP contribution in [0.2, 0.25) is 0 Å². The maximum Gasteiger partial charge on any atom is 0.337 e. The van der Waals surface area contributed by atoms with E-state index in [4.69, 9.17) is 15.6 Å². The minimum Gasteiger partial charge on any atom is -0.478 e. The summed E-state index contributed by atoms with van der Waals surface area (Å²) in [7, 11) is 0. The standard InChI is InChI=1S/C11H13FN2O3/c12-8-4-9(13)7(11(15)16)3-10(8)14-6-1-2-17-5-6/h3-4,6,14H,1-2,5,13H2,(H,15,16).